The zero-order chi connectivity index (χ0) is 12.0. The monoisotopic (exact) mass is 228 g/mol. The lowest BCUT2D eigenvalue weighted by atomic mass is 10.1. The van der Waals surface area contributed by atoms with Gasteiger partial charge in [-0.2, -0.15) is 9.78 Å². The van der Waals surface area contributed by atoms with Crippen molar-refractivity contribution in [3.05, 3.63) is 35.4 Å². The number of rotatable bonds is 6. The molecule has 0 amide bonds. The summed E-state index contributed by atoms with van der Waals surface area (Å²) in [6.45, 7) is 0. The Morgan fingerprint density at radius 1 is 1.12 bits per heavy atom. The molecule has 6 nitrogen and oxygen atoms in total. The molecule has 0 aliphatic carbocycles. The maximum atomic E-state index is 10.6. The molecule has 0 saturated carbocycles. The molecule has 16 heavy (non-hydrogen) atoms. The van der Waals surface area contributed by atoms with Crippen molar-refractivity contribution in [3.63, 3.8) is 0 Å². The van der Waals surface area contributed by atoms with Crippen molar-refractivity contribution < 1.29 is 29.5 Å². The summed E-state index contributed by atoms with van der Waals surface area (Å²) in [5.41, 5.74) is 0.756. The number of carboxylic acid groups (broad SMARTS) is 1. The summed E-state index contributed by atoms with van der Waals surface area (Å²) in [6.07, 6.45) is -0.863. The average Bonchev–Trinajstić information content (AvgIpc) is 2.29. The lowest BCUT2D eigenvalue weighted by Gasteiger charge is -2.13. The first-order valence-electron chi connectivity index (χ1n) is 4.41. The Morgan fingerprint density at radius 2 is 1.62 bits per heavy atom. The van der Waals surface area contributed by atoms with Gasteiger partial charge in [0.1, 0.15) is 0 Å². The van der Waals surface area contributed by atoms with Crippen LogP contribution in [0.1, 0.15) is 22.2 Å². The zero-order valence-corrected chi connectivity index (χ0v) is 8.88. The molecule has 0 aromatic heterocycles. The molecule has 6 heteroatoms. The van der Waals surface area contributed by atoms with Gasteiger partial charge < -0.3 is 5.11 Å². The Morgan fingerprint density at radius 3 is 2.00 bits per heavy atom. The van der Waals surface area contributed by atoms with Crippen molar-refractivity contribution in [2.45, 2.75) is 6.29 Å². The van der Waals surface area contributed by atoms with Crippen molar-refractivity contribution in [1.82, 2.24) is 0 Å². The number of carbonyl (C=O) groups is 1. The third kappa shape index (κ3) is 3.28. The number of hydrogen-bond donors (Lipinski definition) is 1. The fraction of sp³-hybridized carbons (Fsp3) is 0.300. The normalized spacial score (nSPS) is 10.7. The summed E-state index contributed by atoms with van der Waals surface area (Å²) < 4.78 is 0. The van der Waals surface area contributed by atoms with E-state index >= 15 is 0 Å². The molecule has 0 unspecified atom stereocenters. The molecule has 0 heterocycles. The van der Waals surface area contributed by atoms with Crippen LogP contribution >= 0.6 is 0 Å². The molecule has 0 aliphatic heterocycles. The molecule has 1 rings (SSSR count). The summed E-state index contributed by atoms with van der Waals surface area (Å²) in [5.74, 6) is -0.997. The highest BCUT2D eigenvalue weighted by atomic mass is 17.3. The second kappa shape index (κ2) is 6.19. The maximum Gasteiger partial charge on any atom is 0.335 e. The van der Waals surface area contributed by atoms with Crippen LogP contribution in [-0.4, -0.2) is 25.3 Å². The molecule has 0 fully saturated rings. The number of hydrogen-bond acceptors (Lipinski definition) is 5. The quantitative estimate of drug-likeness (QED) is 0.452. The fourth-order valence-corrected chi connectivity index (χ4v) is 1.08. The first-order valence-corrected chi connectivity index (χ1v) is 4.41. The Balaban J connectivity index is 2.80. The first-order chi connectivity index (χ1) is 7.69. The summed E-state index contributed by atoms with van der Waals surface area (Å²) >= 11 is 0. The second-order valence-corrected chi connectivity index (χ2v) is 2.78. The molecule has 0 bridgehead atoms. The standard InChI is InChI=1S/C10H12O6/c1-13-15-10(16-14-2)8-5-3-7(4-6-8)9(11)12/h3-6,10H,1-2H3,(H,11,12). The summed E-state index contributed by atoms with van der Waals surface area (Å²) in [4.78, 5) is 29.1. The van der Waals surface area contributed by atoms with Crippen LogP contribution in [0.3, 0.4) is 0 Å². The molecule has 0 atom stereocenters. The smallest absolute Gasteiger partial charge is 0.335 e. The van der Waals surface area contributed by atoms with Gasteiger partial charge in [0.15, 0.2) is 0 Å². The van der Waals surface area contributed by atoms with E-state index in [9.17, 15) is 4.79 Å². The molecule has 1 N–H and O–H groups in total. The Bertz CT molecular complexity index is 328. The van der Waals surface area contributed by atoms with E-state index in [1.807, 2.05) is 0 Å². The number of benzene rings is 1. The fourth-order valence-electron chi connectivity index (χ4n) is 1.08. The zero-order valence-electron chi connectivity index (χ0n) is 8.88. The predicted molar refractivity (Wildman–Crippen MR) is 52.3 cm³/mol. The second-order valence-electron chi connectivity index (χ2n) is 2.78. The lowest BCUT2D eigenvalue weighted by Crippen LogP contribution is -2.08. The molecule has 1 aromatic rings. The minimum atomic E-state index is -0.997. The molecule has 0 aliphatic rings. The molecule has 88 valence electrons. The summed E-state index contributed by atoms with van der Waals surface area (Å²) in [6, 6.07) is 5.96. The van der Waals surface area contributed by atoms with Gasteiger partial charge in [-0.1, -0.05) is 12.1 Å². The van der Waals surface area contributed by atoms with Crippen LogP contribution in [0.15, 0.2) is 24.3 Å². The van der Waals surface area contributed by atoms with Gasteiger partial charge in [-0.3, -0.25) is 0 Å². The van der Waals surface area contributed by atoms with Crippen molar-refractivity contribution in [2.75, 3.05) is 14.2 Å². The van der Waals surface area contributed by atoms with Crippen molar-refractivity contribution in [3.8, 4) is 0 Å². The van der Waals surface area contributed by atoms with E-state index in [4.69, 9.17) is 14.9 Å². The van der Waals surface area contributed by atoms with Crippen molar-refractivity contribution in [1.29, 1.82) is 0 Å². The van der Waals surface area contributed by atoms with Gasteiger partial charge in [0, 0.05) is 5.56 Å². The van der Waals surface area contributed by atoms with E-state index in [-0.39, 0.29) is 5.56 Å². The van der Waals surface area contributed by atoms with Gasteiger partial charge >= 0.3 is 5.97 Å². The van der Waals surface area contributed by atoms with Gasteiger partial charge in [0.2, 0.25) is 6.29 Å². The molecule has 0 spiro atoms. The average molecular weight is 228 g/mol. The summed E-state index contributed by atoms with van der Waals surface area (Å²) in [7, 11) is 2.66. The van der Waals surface area contributed by atoms with E-state index in [0.717, 1.165) is 0 Å². The number of carboxylic acids is 1. The lowest BCUT2D eigenvalue weighted by molar-refractivity contribution is -0.454. The van der Waals surface area contributed by atoms with Gasteiger partial charge in [-0.15, -0.1) is 0 Å². The Kier molecular flexibility index (Phi) is 4.87. The largest absolute Gasteiger partial charge is 0.478 e. The highest BCUT2D eigenvalue weighted by Crippen LogP contribution is 2.19. The van der Waals surface area contributed by atoms with Gasteiger partial charge in [0.25, 0.3) is 0 Å². The van der Waals surface area contributed by atoms with Crippen LogP contribution < -0.4 is 0 Å². The molecule has 0 radical (unpaired) electrons. The highest BCUT2D eigenvalue weighted by Gasteiger charge is 2.14. The van der Waals surface area contributed by atoms with Crippen LogP contribution in [0.4, 0.5) is 0 Å². The van der Waals surface area contributed by atoms with E-state index in [2.05, 4.69) is 9.78 Å². The minimum Gasteiger partial charge on any atom is -0.478 e. The van der Waals surface area contributed by atoms with Crippen LogP contribution in [0.5, 0.6) is 0 Å². The third-order valence-electron chi connectivity index (χ3n) is 1.80. The van der Waals surface area contributed by atoms with Crippen molar-refractivity contribution in [2.24, 2.45) is 0 Å². The minimum absolute atomic E-state index is 0.178. The maximum absolute atomic E-state index is 10.6. The third-order valence-corrected chi connectivity index (χ3v) is 1.80. The first kappa shape index (κ1) is 12.6. The van der Waals surface area contributed by atoms with Crippen LogP contribution in [0, 0.1) is 0 Å². The van der Waals surface area contributed by atoms with Crippen LogP contribution in [-0.2, 0) is 19.6 Å². The van der Waals surface area contributed by atoms with E-state index < -0.39 is 12.3 Å². The molecular formula is C10H12O6. The van der Waals surface area contributed by atoms with E-state index in [1.165, 1.54) is 26.4 Å². The molecule has 0 saturated heterocycles. The molecule has 1 aromatic carbocycles. The van der Waals surface area contributed by atoms with Gasteiger partial charge in [-0.05, 0) is 12.1 Å². The van der Waals surface area contributed by atoms with Crippen LogP contribution in [0.25, 0.3) is 0 Å². The van der Waals surface area contributed by atoms with E-state index in [1.54, 1.807) is 12.1 Å². The van der Waals surface area contributed by atoms with Gasteiger partial charge in [-0.25, -0.2) is 14.6 Å². The van der Waals surface area contributed by atoms with Crippen molar-refractivity contribution >= 4 is 5.97 Å². The molecular weight excluding hydrogens is 216 g/mol. The number of aromatic carboxylic acids is 1. The van der Waals surface area contributed by atoms with Gasteiger partial charge in [0.05, 0.1) is 19.8 Å². The van der Waals surface area contributed by atoms with E-state index in [0.29, 0.717) is 5.56 Å². The Labute approximate surface area is 92.2 Å². The Hall–Kier alpha value is -1.47. The topological polar surface area (TPSA) is 74.2 Å². The summed E-state index contributed by atoms with van der Waals surface area (Å²) in [5, 5.41) is 8.71. The van der Waals surface area contributed by atoms with Crippen LogP contribution in [0.2, 0.25) is 0 Å². The predicted octanol–water partition coefficient (Wildman–Crippen LogP) is 1.54. The highest BCUT2D eigenvalue weighted by molar-refractivity contribution is 5.87. The SMILES string of the molecule is COOC(OOC)c1ccc(C(=O)O)cc1.